The Morgan fingerprint density at radius 1 is 1.41 bits per heavy atom. The highest BCUT2D eigenvalue weighted by molar-refractivity contribution is 5.94. The van der Waals surface area contributed by atoms with Gasteiger partial charge in [0.25, 0.3) is 0 Å². The lowest BCUT2D eigenvalue weighted by atomic mass is 10.0. The quantitative estimate of drug-likeness (QED) is 0.900. The van der Waals surface area contributed by atoms with Gasteiger partial charge in [0.1, 0.15) is 5.75 Å². The molecule has 3 N–H and O–H groups in total. The van der Waals surface area contributed by atoms with E-state index >= 15 is 0 Å². The first-order valence-electron chi connectivity index (χ1n) is 7.37. The molecule has 22 heavy (non-hydrogen) atoms. The third kappa shape index (κ3) is 2.67. The zero-order valence-electron chi connectivity index (χ0n) is 12.7. The number of fused-ring (bicyclic) bond motifs is 1. The van der Waals surface area contributed by atoms with E-state index in [-0.39, 0.29) is 11.9 Å². The Bertz CT molecular complexity index is 708. The van der Waals surface area contributed by atoms with Crippen molar-refractivity contribution >= 4 is 11.6 Å². The van der Waals surface area contributed by atoms with Gasteiger partial charge < -0.3 is 15.8 Å². The second kappa shape index (κ2) is 5.76. The maximum absolute atomic E-state index is 11.5. The van der Waals surface area contributed by atoms with Crippen molar-refractivity contribution in [2.24, 2.45) is 5.73 Å². The molecule has 0 aliphatic carbocycles. The highest BCUT2D eigenvalue weighted by atomic mass is 16.5. The molecule has 7 nitrogen and oxygen atoms in total. The van der Waals surface area contributed by atoms with Crippen LogP contribution in [0.5, 0.6) is 11.8 Å². The third-order valence-electron chi connectivity index (χ3n) is 3.65. The molecule has 1 aliphatic heterocycles. The number of rotatable bonds is 4. The minimum Gasteiger partial charge on any atom is -0.424 e. The summed E-state index contributed by atoms with van der Waals surface area (Å²) in [6.45, 7) is 4.50. The van der Waals surface area contributed by atoms with Gasteiger partial charge in [-0.25, -0.2) is 0 Å². The number of carbonyl (C=O) groups excluding carboxylic acids is 1. The average Bonchev–Trinajstić information content (AvgIpc) is 2.89. The van der Waals surface area contributed by atoms with E-state index in [1.165, 1.54) is 0 Å². The molecule has 1 atom stereocenters. The summed E-state index contributed by atoms with van der Waals surface area (Å²) in [4.78, 5) is 11.5. The Hall–Kier alpha value is -2.41. The van der Waals surface area contributed by atoms with E-state index in [4.69, 9.17) is 10.5 Å². The van der Waals surface area contributed by atoms with Crippen LogP contribution in [0.4, 0.5) is 5.69 Å². The second-order valence-corrected chi connectivity index (χ2v) is 5.34. The summed E-state index contributed by atoms with van der Waals surface area (Å²) < 4.78 is 7.65. The van der Waals surface area contributed by atoms with Crippen LogP contribution < -0.4 is 15.8 Å². The first-order valence-corrected chi connectivity index (χ1v) is 7.37. The minimum absolute atomic E-state index is 0.0283. The molecule has 2 heterocycles. The van der Waals surface area contributed by atoms with Crippen LogP contribution in [-0.2, 0) is 17.8 Å². The average molecular weight is 301 g/mol. The van der Waals surface area contributed by atoms with Crippen molar-refractivity contribution in [2.75, 3.05) is 5.32 Å². The van der Waals surface area contributed by atoms with Crippen molar-refractivity contribution < 1.29 is 9.53 Å². The molecule has 0 radical (unpaired) electrons. The van der Waals surface area contributed by atoms with Crippen LogP contribution in [0.25, 0.3) is 0 Å². The summed E-state index contributed by atoms with van der Waals surface area (Å²) in [5.41, 5.74) is 7.78. The van der Waals surface area contributed by atoms with Gasteiger partial charge in [0.2, 0.25) is 5.91 Å². The van der Waals surface area contributed by atoms with Crippen molar-refractivity contribution in [3.63, 3.8) is 0 Å². The van der Waals surface area contributed by atoms with Gasteiger partial charge in [0.05, 0.1) is 6.04 Å². The van der Waals surface area contributed by atoms with Crippen LogP contribution in [-0.4, -0.2) is 20.7 Å². The van der Waals surface area contributed by atoms with Gasteiger partial charge in [-0.15, -0.1) is 5.10 Å². The highest BCUT2D eigenvalue weighted by Gasteiger charge is 2.18. The summed E-state index contributed by atoms with van der Waals surface area (Å²) in [7, 11) is 0. The lowest BCUT2D eigenvalue weighted by Gasteiger charge is -2.17. The summed E-state index contributed by atoms with van der Waals surface area (Å²) >= 11 is 0. The Labute approximate surface area is 128 Å². The number of nitrogens with zero attached hydrogens (tertiary/aromatic N) is 3. The Morgan fingerprint density at radius 3 is 2.95 bits per heavy atom. The first kappa shape index (κ1) is 14.5. The molecule has 0 spiro atoms. The zero-order chi connectivity index (χ0) is 15.7. The number of aryl methyl sites for hydroxylation is 1. The van der Waals surface area contributed by atoms with E-state index in [1.54, 1.807) is 0 Å². The van der Waals surface area contributed by atoms with Gasteiger partial charge in [-0.2, -0.15) is 0 Å². The topological polar surface area (TPSA) is 95.1 Å². The van der Waals surface area contributed by atoms with E-state index in [2.05, 4.69) is 15.5 Å². The van der Waals surface area contributed by atoms with E-state index in [0.717, 1.165) is 17.7 Å². The van der Waals surface area contributed by atoms with Gasteiger partial charge >= 0.3 is 6.01 Å². The van der Waals surface area contributed by atoms with E-state index in [1.807, 2.05) is 36.6 Å². The van der Waals surface area contributed by atoms with Crippen LogP contribution in [0, 0.1) is 0 Å². The zero-order valence-corrected chi connectivity index (χ0v) is 12.7. The number of ether oxygens (including phenoxy) is 1. The standard InChI is InChI=1S/C15H19N5O2/c1-3-20-14(9(2)16)18-19-15(20)22-11-6-4-10-5-7-13(21)17-12(10)8-11/h4,6,8-9H,3,5,7,16H2,1-2H3,(H,17,21)/t9-/m1/s1. The van der Waals surface area contributed by atoms with Crippen LogP contribution in [0.2, 0.25) is 0 Å². The van der Waals surface area contributed by atoms with Gasteiger partial charge in [-0.3, -0.25) is 9.36 Å². The molecule has 0 unspecified atom stereocenters. The lowest BCUT2D eigenvalue weighted by molar-refractivity contribution is -0.116. The highest BCUT2D eigenvalue weighted by Crippen LogP contribution is 2.29. The van der Waals surface area contributed by atoms with Gasteiger partial charge in [0.15, 0.2) is 5.82 Å². The van der Waals surface area contributed by atoms with E-state index < -0.39 is 0 Å². The molecule has 1 aromatic heterocycles. The van der Waals surface area contributed by atoms with E-state index in [9.17, 15) is 4.79 Å². The Balaban J connectivity index is 1.88. The Kier molecular flexibility index (Phi) is 3.81. The van der Waals surface area contributed by atoms with Crippen LogP contribution in [0.1, 0.15) is 37.7 Å². The number of carbonyl (C=O) groups is 1. The molecular formula is C15H19N5O2. The molecule has 1 aliphatic rings. The van der Waals surface area contributed by atoms with Crippen LogP contribution in [0.3, 0.4) is 0 Å². The maximum atomic E-state index is 11.5. The van der Waals surface area contributed by atoms with E-state index in [0.29, 0.717) is 30.5 Å². The second-order valence-electron chi connectivity index (χ2n) is 5.34. The van der Waals surface area contributed by atoms with Gasteiger partial charge in [-0.05, 0) is 31.9 Å². The van der Waals surface area contributed by atoms with Crippen molar-refractivity contribution in [3.8, 4) is 11.8 Å². The largest absolute Gasteiger partial charge is 0.424 e. The fourth-order valence-corrected chi connectivity index (χ4v) is 2.53. The smallest absolute Gasteiger partial charge is 0.322 e. The lowest BCUT2D eigenvalue weighted by Crippen LogP contribution is -2.18. The molecular weight excluding hydrogens is 282 g/mol. The number of anilines is 1. The van der Waals surface area contributed by atoms with Crippen LogP contribution in [0.15, 0.2) is 18.2 Å². The summed E-state index contributed by atoms with van der Waals surface area (Å²) in [6, 6.07) is 5.83. The molecule has 0 fully saturated rings. The predicted octanol–water partition coefficient (Wildman–Crippen LogP) is 1.99. The SMILES string of the molecule is CCn1c(Oc2ccc3c(c2)NC(=O)CC3)nnc1[C@@H](C)N. The number of hydrogen-bond donors (Lipinski definition) is 2. The normalized spacial score (nSPS) is 15.1. The van der Waals surface area contributed by atoms with Gasteiger partial charge in [0, 0.05) is 24.7 Å². The van der Waals surface area contributed by atoms with Crippen molar-refractivity contribution in [3.05, 3.63) is 29.6 Å². The monoisotopic (exact) mass is 301 g/mol. The molecule has 0 saturated heterocycles. The minimum atomic E-state index is -0.215. The molecule has 1 amide bonds. The summed E-state index contributed by atoms with van der Waals surface area (Å²) in [5, 5.41) is 11.0. The fourth-order valence-electron chi connectivity index (χ4n) is 2.53. The van der Waals surface area contributed by atoms with Crippen molar-refractivity contribution in [1.29, 1.82) is 0 Å². The number of aromatic nitrogens is 3. The molecule has 0 bridgehead atoms. The molecule has 7 heteroatoms. The molecule has 0 saturated carbocycles. The predicted molar refractivity (Wildman–Crippen MR) is 81.8 cm³/mol. The number of benzene rings is 1. The molecule has 3 rings (SSSR count). The number of amides is 1. The molecule has 2 aromatic rings. The fraction of sp³-hybridized carbons (Fsp3) is 0.400. The van der Waals surface area contributed by atoms with Crippen molar-refractivity contribution in [2.45, 2.75) is 39.3 Å². The van der Waals surface area contributed by atoms with Gasteiger partial charge in [-0.1, -0.05) is 11.2 Å². The first-order chi connectivity index (χ1) is 10.6. The number of hydrogen-bond acceptors (Lipinski definition) is 5. The molecule has 116 valence electrons. The number of nitrogens with one attached hydrogen (secondary N) is 1. The van der Waals surface area contributed by atoms with Crippen molar-refractivity contribution in [1.82, 2.24) is 14.8 Å². The third-order valence-corrected chi connectivity index (χ3v) is 3.65. The number of nitrogens with two attached hydrogens (primary N) is 1. The van der Waals surface area contributed by atoms with Crippen LogP contribution >= 0.6 is 0 Å². The summed E-state index contributed by atoms with van der Waals surface area (Å²) in [6.07, 6.45) is 1.27. The molecule has 1 aromatic carbocycles. The maximum Gasteiger partial charge on any atom is 0.322 e. The summed E-state index contributed by atoms with van der Waals surface area (Å²) in [5.74, 6) is 1.32. The Morgan fingerprint density at radius 2 is 2.23 bits per heavy atom.